The second kappa shape index (κ2) is 6.30. The monoisotopic (exact) mass is 295 g/mol. The third kappa shape index (κ3) is 3.25. The Hall–Kier alpha value is -0.820. The lowest BCUT2D eigenvalue weighted by atomic mass is 9.77. The second-order valence-corrected chi connectivity index (χ2v) is 5.48. The number of amides is 1. The lowest BCUT2D eigenvalue weighted by Crippen LogP contribution is -2.54. The van der Waals surface area contributed by atoms with Crippen LogP contribution in [0.25, 0.3) is 0 Å². The van der Waals surface area contributed by atoms with Crippen LogP contribution in [0.3, 0.4) is 0 Å². The van der Waals surface area contributed by atoms with Crippen LogP contribution in [0.4, 0.5) is 13.2 Å². The van der Waals surface area contributed by atoms with E-state index in [1.807, 2.05) is 0 Å². The largest absolute Gasteiger partial charge is 0.394 e. The van der Waals surface area contributed by atoms with E-state index in [1.54, 1.807) is 0 Å². The van der Waals surface area contributed by atoms with Gasteiger partial charge in [-0.2, -0.15) is 13.2 Å². The number of rotatable bonds is 2. The summed E-state index contributed by atoms with van der Waals surface area (Å²) in [5, 5.41) is 9.24. The summed E-state index contributed by atoms with van der Waals surface area (Å²) in [6.07, 6.45) is -2.87. The van der Waals surface area contributed by atoms with Gasteiger partial charge in [0, 0.05) is 12.5 Å². The fraction of sp³-hybridized carbons (Fsp3) is 0.923. The normalized spacial score (nSPS) is 32.2. The number of carbonyl (C=O) groups is 1. The highest BCUT2D eigenvalue weighted by atomic mass is 19.4. The van der Waals surface area contributed by atoms with E-state index in [2.05, 4.69) is 0 Å². The van der Waals surface area contributed by atoms with E-state index in [4.69, 9.17) is 4.74 Å². The molecule has 1 amide bonds. The molecule has 0 bridgehead atoms. The van der Waals surface area contributed by atoms with Gasteiger partial charge in [-0.25, -0.2) is 0 Å². The highest BCUT2D eigenvalue weighted by Crippen LogP contribution is 2.42. The summed E-state index contributed by atoms with van der Waals surface area (Å²) in [6.45, 7) is 0.470. The van der Waals surface area contributed by atoms with Crippen LogP contribution in [0.2, 0.25) is 0 Å². The molecule has 7 heteroatoms. The van der Waals surface area contributed by atoms with Gasteiger partial charge in [-0.05, 0) is 12.8 Å². The van der Waals surface area contributed by atoms with Crippen molar-refractivity contribution in [3.8, 4) is 0 Å². The molecule has 1 saturated heterocycles. The Morgan fingerprint density at radius 1 is 1.30 bits per heavy atom. The zero-order valence-corrected chi connectivity index (χ0v) is 11.2. The number of morpholine rings is 1. The van der Waals surface area contributed by atoms with Gasteiger partial charge in [0.05, 0.1) is 31.8 Å². The van der Waals surface area contributed by atoms with E-state index >= 15 is 0 Å². The van der Waals surface area contributed by atoms with Crippen LogP contribution in [0, 0.1) is 11.8 Å². The molecule has 4 nitrogen and oxygen atoms in total. The summed E-state index contributed by atoms with van der Waals surface area (Å²) < 4.78 is 44.3. The molecule has 3 unspecified atom stereocenters. The average molecular weight is 295 g/mol. The molecule has 1 aliphatic heterocycles. The first-order valence-electron chi connectivity index (χ1n) is 7.01. The Kier molecular flexibility index (Phi) is 4.90. The Balaban J connectivity index is 2.12. The van der Waals surface area contributed by atoms with E-state index in [1.165, 1.54) is 4.90 Å². The van der Waals surface area contributed by atoms with Gasteiger partial charge >= 0.3 is 6.18 Å². The molecule has 2 rings (SSSR count). The molecule has 2 fully saturated rings. The Morgan fingerprint density at radius 2 is 2.00 bits per heavy atom. The highest BCUT2D eigenvalue weighted by Gasteiger charge is 2.49. The molecule has 116 valence electrons. The maximum Gasteiger partial charge on any atom is 0.392 e. The first kappa shape index (κ1) is 15.6. The van der Waals surface area contributed by atoms with E-state index in [-0.39, 0.29) is 32.6 Å². The number of carbonyl (C=O) groups excluding carboxylic acids is 1. The third-order valence-electron chi connectivity index (χ3n) is 4.22. The van der Waals surface area contributed by atoms with Crippen molar-refractivity contribution in [2.75, 3.05) is 26.4 Å². The molecule has 1 saturated carbocycles. The maximum absolute atomic E-state index is 13.1. The molecule has 0 radical (unpaired) electrons. The molecule has 0 spiro atoms. The number of hydrogen-bond acceptors (Lipinski definition) is 3. The third-order valence-corrected chi connectivity index (χ3v) is 4.22. The summed E-state index contributed by atoms with van der Waals surface area (Å²) in [5.41, 5.74) is 0. The van der Waals surface area contributed by atoms with Gasteiger partial charge in [0.25, 0.3) is 0 Å². The predicted molar refractivity (Wildman–Crippen MR) is 64.9 cm³/mol. The molecule has 3 atom stereocenters. The minimum Gasteiger partial charge on any atom is -0.394 e. The van der Waals surface area contributed by atoms with Crippen LogP contribution in [0.5, 0.6) is 0 Å². The Labute approximate surface area is 115 Å². The van der Waals surface area contributed by atoms with Gasteiger partial charge in [-0.3, -0.25) is 4.79 Å². The van der Waals surface area contributed by atoms with Crippen LogP contribution in [0.15, 0.2) is 0 Å². The van der Waals surface area contributed by atoms with E-state index in [0.717, 1.165) is 0 Å². The van der Waals surface area contributed by atoms with E-state index in [0.29, 0.717) is 19.4 Å². The Bertz CT molecular complexity index is 348. The van der Waals surface area contributed by atoms with Crippen molar-refractivity contribution in [2.45, 2.75) is 37.9 Å². The second-order valence-electron chi connectivity index (χ2n) is 5.48. The van der Waals surface area contributed by atoms with Crippen LogP contribution < -0.4 is 0 Å². The molecule has 2 aliphatic rings. The lowest BCUT2D eigenvalue weighted by Gasteiger charge is -2.40. The van der Waals surface area contributed by atoms with Crippen molar-refractivity contribution in [1.29, 1.82) is 0 Å². The molecule has 1 heterocycles. The van der Waals surface area contributed by atoms with Gasteiger partial charge < -0.3 is 14.7 Å². The quantitative estimate of drug-likeness (QED) is 0.841. The van der Waals surface area contributed by atoms with Crippen LogP contribution in [-0.2, 0) is 9.53 Å². The summed E-state index contributed by atoms with van der Waals surface area (Å²) >= 11 is 0. The number of alkyl halides is 3. The van der Waals surface area contributed by atoms with Crippen molar-refractivity contribution in [3.63, 3.8) is 0 Å². The van der Waals surface area contributed by atoms with Gasteiger partial charge in [-0.15, -0.1) is 0 Å². The summed E-state index contributed by atoms with van der Waals surface area (Å²) in [6, 6.07) is -0.521. The number of hydrogen-bond donors (Lipinski definition) is 1. The fourth-order valence-corrected chi connectivity index (χ4v) is 3.13. The van der Waals surface area contributed by atoms with Crippen molar-refractivity contribution in [1.82, 2.24) is 4.90 Å². The van der Waals surface area contributed by atoms with Crippen molar-refractivity contribution in [3.05, 3.63) is 0 Å². The summed E-state index contributed by atoms with van der Waals surface area (Å²) in [4.78, 5) is 13.8. The molecule has 20 heavy (non-hydrogen) atoms. The number of aliphatic hydroxyl groups is 1. The zero-order chi connectivity index (χ0) is 14.8. The molecular formula is C13H20F3NO3. The first-order chi connectivity index (χ1) is 9.45. The van der Waals surface area contributed by atoms with Crippen LogP contribution >= 0.6 is 0 Å². The summed E-state index contributed by atoms with van der Waals surface area (Å²) in [5.74, 6) is -3.03. The number of nitrogens with zero attached hydrogens (tertiary/aromatic N) is 1. The van der Waals surface area contributed by atoms with Crippen LogP contribution in [0.1, 0.15) is 25.7 Å². The SMILES string of the molecule is O=C(C1CCCCC1C(F)(F)F)N1CCOCC1CO. The fourth-order valence-electron chi connectivity index (χ4n) is 3.13. The van der Waals surface area contributed by atoms with Gasteiger partial charge in [0.1, 0.15) is 0 Å². The minimum atomic E-state index is -4.33. The van der Waals surface area contributed by atoms with Crippen molar-refractivity contribution < 1.29 is 27.8 Å². The topological polar surface area (TPSA) is 49.8 Å². The number of aliphatic hydroxyl groups excluding tert-OH is 1. The van der Waals surface area contributed by atoms with Gasteiger partial charge in [0.15, 0.2) is 0 Å². The standard InChI is InChI=1S/C13H20F3NO3/c14-13(15,16)11-4-2-1-3-10(11)12(19)17-5-6-20-8-9(17)7-18/h9-11,18H,1-8H2. The Morgan fingerprint density at radius 3 is 2.65 bits per heavy atom. The summed E-state index contributed by atoms with van der Waals surface area (Å²) in [7, 11) is 0. The van der Waals surface area contributed by atoms with E-state index in [9.17, 15) is 23.1 Å². The zero-order valence-electron chi connectivity index (χ0n) is 11.2. The van der Waals surface area contributed by atoms with Crippen LogP contribution in [-0.4, -0.2) is 54.5 Å². The molecular weight excluding hydrogens is 275 g/mol. The maximum atomic E-state index is 13.1. The smallest absolute Gasteiger partial charge is 0.392 e. The lowest BCUT2D eigenvalue weighted by molar-refractivity contribution is -0.203. The highest BCUT2D eigenvalue weighted by molar-refractivity contribution is 5.79. The molecule has 0 aromatic heterocycles. The van der Waals surface area contributed by atoms with E-state index < -0.39 is 30.0 Å². The average Bonchev–Trinajstić information content (AvgIpc) is 2.45. The molecule has 0 aromatic rings. The molecule has 0 aromatic carbocycles. The molecule has 1 aliphatic carbocycles. The van der Waals surface area contributed by atoms with Gasteiger partial charge in [-0.1, -0.05) is 12.8 Å². The number of ether oxygens (including phenoxy) is 1. The number of halogens is 3. The van der Waals surface area contributed by atoms with Gasteiger partial charge in [0.2, 0.25) is 5.91 Å². The van der Waals surface area contributed by atoms with Crippen molar-refractivity contribution >= 4 is 5.91 Å². The first-order valence-corrected chi connectivity index (χ1v) is 7.01. The minimum absolute atomic E-state index is 0.0219. The molecule has 1 N–H and O–H groups in total. The van der Waals surface area contributed by atoms with Crippen molar-refractivity contribution in [2.24, 2.45) is 11.8 Å². The predicted octanol–water partition coefficient (Wildman–Crippen LogP) is 1.57.